The van der Waals surface area contributed by atoms with Crippen molar-refractivity contribution >= 4 is 34.8 Å². The number of carbonyl (C=O) groups excluding carboxylic acids is 3. The average molecular weight is 593 g/mol. The summed E-state index contributed by atoms with van der Waals surface area (Å²) in [5, 5.41) is 0. The Labute approximate surface area is 249 Å². The third-order valence-corrected chi connectivity index (χ3v) is 8.17. The number of nitrogens with zero attached hydrogens (tertiary/aromatic N) is 4. The zero-order valence-electron chi connectivity index (χ0n) is 24.4. The van der Waals surface area contributed by atoms with Crippen molar-refractivity contribution in [2.45, 2.75) is 65.0 Å². The van der Waals surface area contributed by atoms with Crippen LogP contribution in [-0.2, 0) is 20.6 Å². The SMILES string of the molecule is CCC(=O)N(CC)c1cc(N2CCCCC2=O)c(N2CCCCC2=O)cc1-c1ccc(-c2cnccc2C(F)(F)F)cc1. The minimum Gasteiger partial charge on any atom is -0.312 e. The number of amides is 3. The summed E-state index contributed by atoms with van der Waals surface area (Å²) in [6.07, 6.45) is 2.11. The second kappa shape index (κ2) is 12.6. The number of halogens is 3. The lowest BCUT2D eigenvalue weighted by Gasteiger charge is -2.36. The third-order valence-electron chi connectivity index (χ3n) is 8.17. The van der Waals surface area contributed by atoms with Crippen LogP contribution in [0, 0.1) is 0 Å². The number of anilines is 3. The summed E-state index contributed by atoms with van der Waals surface area (Å²) in [7, 11) is 0. The lowest BCUT2D eigenvalue weighted by molar-refractivity contribution is -0.137. The molecule has 2 aromatic carbocycles. The molecule has 2 aliphatic heterocycles. The topological polar surface area (TPSA) is 73.8 Å². The molecule has 3 amide bonds. The summed E-state index contributed by atoms with van der Waals surface area (Å²) in [6, 6.07) is 11.3. The van der Waals surface area contributed by atoms with Crippen LogP contribution in [0.1, 0.15) is 64.4 Å². The van der Waals surface area contributed by atoms with Crippen molar-refractivity contribution in [2.24, 2.45) is 0 Å². The number of piperidine rings is 2. The Hall–Kier alpha value is -4.21. The van der Waals surface area contributed by atoms with Gasteiger partial charge in [-0.1, -0.05) is 31.2 Å². The minimum atomic E-state index is -4.54. The van der Waals surface area contributed by atoms with Crippen LogP contribution in [0.3, 0.4) is 0 Å². The lowest BCUT2D eigenvalue weighted by Crippen LogP contribution is -2.40. The van der Waals surface area contributed by atoms with E-state index in [4.69, 9.17) is 0 Å². The molecule has 2 saturated heterocycles. The van der Waals surface area contributed by atoms with E-state index >= 15 is 0 Å². The molecule has 1 aromatic heterocycles. The van der Waals surface area contributed by atoms with Gasteiger partial charge >= 0.3 is 6.18 Å². The average Bonchev–Trinajstić information content (AvgIpc) is 3.01. The molecule has 43 heavy (non-hydrogen) atoms. The van der Waals surface area contributed by atoms with Gasteiger partial charge in [-0.2, -0.15) is 13.2 Å². The van der Waals surface area contributed by atoms with E-state index in [1.165, 1.54) is 6.20 Å². The van der Waals surface area contributed by atoms with Gasteiger partial charge in [-0.05, 0) is 61.9 Å². The van der Waals surface area contributed by atoms with Gasteiger partial charge in [0, 0.05) is 62.4 Å². The van der Waals surface area contributed by atoms with Crippen LogP contribution in [0.15, 0.2) is 54.9 Å². The van der Waals surface area contributed by atoms with Crippen molar-refractivity contribution in [3.05, 3.63) is 60.4 Å². The van der Waals surface area contributed by atoms with Gasteiger partial charge in [-0.15, -0.1) is 0 Å². The minimum absolute atomic E-state index is 0.0261. The largest absolute Gasteiger partial charge is 0.417 e. The van der Waals surface area contributed by atoms with E-state index in [-0.39, 0.29) is 29.7 Å². The van der Waals surface area contributed by atoms with E-state index in [1.54, 1.807) is 45.9 Å². The Bertz CT molecular complexity index is 1520. The molecule has 0 atom stereocenters. The Morgan fingerprint density at radius 2 is 1.40 bits per heavy atom. The molecule has 10 heteroatoms. The molecule has 0 unspecified atom stereocenters. The van der Waals surface area contributed by atoms with Gasteiger partial charge in [0.05, 0.1) is 22.6 Å². The molecule has 0 N–H and O–H groups in total. The normalized spacial score (nSPS) is 16.0. The van der Waals surface area contributed by atoms with Gasteiger partial charge in [-0.25, -0.2) is 0 Å². The first-order chi connectivity index (χ1) is 20.6. The second-order valence-corrected chi connectivity index (χ2v) is 10.9. The first-order valence-corrected chi connectivity index (χ1v) is 14.8. The number of alkyl halides is 3. The van der Waals surface area contributed by atoms with E-state index < -0.39 is 11.7 Å². The first kappa shape index (κ1) is 30.3. The molecule has 7 nitrogen and oxygen atoms in total. The van der Waals surface area contributed by atoms with E-state index in [9.17, 15) is 27.6 Å². The summed E-state index contributed by atoms with van der Waals surface area (Å²) >= 11 is 0. The predicted octanol–water partition coefficient (Wildman–Crippen LogP) is 7.23. The first-order valence-electron chi connectivity index (χ1n) is 14.8. The van der Waals surface area contributed by atoms with Gasteiger partial charge < -0.3 is 14.7 Å². The summed E-state index contributed by atoms with van der Waals surface area (Å²) in [5.74, 6) is -0.163. The van der Waals surface area contributed by atoms with E-state index in [0.29, 0.717) is 66.2 Å². The van der Waals surface area contributed by atoms with Crippen molar-refractivity contribution < 1.29 is 27.6 Å². The zero-order valence-corrected chi connectivity index (χ0v) is 24.4. The van der Waals surface area contributed by atoms with Crippen LogP contribution in [0.2, 0.25) is 0 Å². The highest BCUT2D eigenvalue weighted by atomic mass is 19.4. The molecule has 5 rings (SSSR count). The van der Waals surface area contributed by atoms with Crippen molar-refractivity contribution in [1.82, 2.24) is 4.98 Å². The van der Waals surface area contributed by atoms with Crippen molar-refractivity contribution in [1.29, 1.82) is 0 Å². The number of benzene rings is 2. The zero-order chi connectivity index (χ0) is 30.7. The molecular weight excluding hydrogens is 557 g/mol. The Balaban J connectivity index is 1.70. The maximum atomic E-state index is 13.7. The van der Waals surface area contributed by atoms with Gasteiger partial charge in [0.1, 0.15) is 0 Å². The van der Waals surface area contributed by atoms with Crippen LogP contribution in [0.5, 0.6) is 0 Å². The fraction of sp³-hybridized carbons (Fsp3) is 0.394. The van der Waals surface area contributed by atoms with Crippen LogP contribution in [-0.4, -0.2) is 42.3 Å². The third kappa shape index (κ3) is 6.14. The fourth-order valence-corrected chi connectivity index (χ4v) is 5.95. The maximum absolute atomic E-state index is 13.7. The van der Waals surface area contributed by atoms with Crippen molar-refractivity contribution in [3.8, 4) is 22.3 Å². The molecular formula is C33H35F3N4O3. The molecule has 3 heterocycles. The molecule has 0 radical (unpaired) electrons. The van der Waals surface area contributed by atoms with Gasteiger partial charge in [0.2, 0.25) is 17.7 Å². The Morgan fingerprint density at radius 3 is 1.91 bits per heavy atom. The molecule has 2 fully saturated rings. The summed E-state index contributed by atoms with van der Waals surface area (Å²) in [4.78, 5) is 48.5. The van der Waals surface area contributed by atoms with Crippen LogP contribution in [0.25, 0.3) is 22.3 Å². The van der Waals surface area contributed by atoms with Crippen LogP contribution in [0.4, 0.5) is 30.2 Å². The molecule has 0 bridgehead atoms. The highest BCUT2D eigenvalue weighted by Crippen LogP contribution is 2.44. The van der Waals surface area contributed by atoms with Crippen LogP contribution >= 0.6 is 0 Å². The second-order valence-electron chi connectivity index (χ2n) is 10.9. The number of rotatable bonds is 7. The monoisotopic (exact) mass is 592 g/mol. The van der Waals surface area contributed by atoms with Crippen molar-refractivity contribution in [2.75, 3.05) is 34.3 Å². The van der Waals surface area contributed by atoms with E-state index in [1.807, 2.05) is 19.1 Å². The Morgan fingerprint density at radius 1 is 0.837 bits per heavy atom. The molecule has 226 valence electrons. The lowest BCUT2D eigenvalue weighted by atomic mass is 9.95. The van der Waals surface area contributed by atoms with Gasteiger partial charge in [0.25, 0.3) is 0 Å². The number of hydrogen-bond donors (Lipinski definition) is 0. The molecule has 0 aliphatic carbocycles. The number of aromatic nitrogens is 1. The predicted molar refractivity (Wildman–Crippen MR) is 161 cm³/mol. The van der Waals surface area contributed by atoms with Gasteiger partial charge in [-0.3, -0.25) is 19.4 Å². The van der Waals surface area contributed by atoms with Crippen molar-refractivity contribution in [3.63, 3.8) is 0 Å². The van der Waals surface area contributed by atoms with E-state index in [0.717, 1.165) is 37.9 Å². The van der Waals surface area contributed by atoms with Crippen LogP contribution < -0.4 is 14.7 Å². The highest BCUT2D eigenvalue weighted by Gasteiger charge is 2.34. The molecule has 3 aromatic rings. The fourth-order valence-electron chi connectivity index (χ4n) is 5.95. The number of carbonyl (C=O) groups is 3. The molecule has 0 saturated carbocycles. The number of hydrogen-bond acceptors (Lipinski definition) is 4. The summed E-state index contributed by atoms with van der Waals surface area (Å²) < 4.78 is 41.1. The summed E-state index contributed by atoms with van der Waals surface area (Å²) in [5.41, 5.74) is 2.66. The smallest absolute Gasteiger partial charge is 0.312 e. The standard InChI is InChI=1S/C33H35F3N4O3/c1-3-30(41)38(4-2)27-20-29(40-18-8-6-10-32(40)43)28(39-17-7-5-9-31(39)42)19-24(27)22-11-13-23(14-12-22)25-21-37-16-15-26(25)33(34,35)36/h11-16,19-21H,3-10,17-18H2,1-2H3. The van der Waals surface area contributed by atoms with Gasteiger partial charge in [0.15, 0.2) is 0 Å². The highest BCUT2D eigenvalue weighted by molar-refractivity contribution is 6.07. The Kier molecular flexibility index (Phi) is 8.84. The quantitative estimate of drug-likeness (QED) is 0.290. The maximum Gasteiger partial charge on any atom is 0.417 e. The molecule has 2 aliphatic rings. The summed E-state index contributed by atoms with van der Waals surface area (Å²) in [6.45, 7) is 5.05. The van der Waals surface area contributed by atoms with E-state index in [2.05, 4.69) is 4.98 Å². The number of pyridine rings is 1. The molecule has 0 spiro atoms.